The van der Waals surface area contributed by atoms with Gasteiger partial charge in [0.2, 0.25) is 5.91 Å². The Morgan fingerprint density at radius 2 is 2.29 bits per heavy atom. The van der Waals surface area contributed by atoms with Gasteiger partial charge in [-0.15, -0.1) is 0 Å². The fourth-order valence-electron chi connectivity index (χ4n) is 1.70. The van der Waals surface area contributed by atoms with Crippen LogP contribution in [0.15, 0.2) is 16.8 Å². The fraction of sp³-hybridized carbons (Fsp3) is 0.400. The van der Waals surface area contributed by atoms with Crippen molar-refractivity contribution in [1.29, 1.82) is 0 Å². The number of carbonyl (C=O) groups is 2. The highest BCUT2D eigenvalue weighted by Crippen LogP contribution is 2.29. The molecule has 14 heavy (non-hydrogen) atoms. The largest absolute Gasteiger partial charge is 0.338 e. The highest BCUT2D eigenvalue weighted by atomic mass is 32.1. The minimum absolute atomic E-state index is 0.0456. The molecule has 0 bridgehead atoms. The van der Waals surface area contributed by atoms with Crippen molar-refractivity contribution in [2.24, 2.45) is 0 Å². The minimum Gasteiger partial charge on any atom is -0.338 e. The summed E-state index contributed by atoms with van der Waals surface area (Å²) in [5.74, 6) is -0.0262. The number of likely N-dealkylation sites (tertiary alicyclic amines) is 1. The molecule has 1 amide bonds. The number of amides is 1. The van der Waals surface area contributed by atoms with Crippen LogP contribution in [-0.4, -0.2) is 23.6 Å². The lowest BCUT2D eigenvalue weighted by Crippen LogP contribution is -2.38. The molecule has 1 saturated heterocycles. The van der Waals surface area contributed by atoms with Gasteiger partial charge < -0.3 is 4.90 Å². The van der Waals surface area contributed by atoms with Gasteiger partial charge in [0, 0.05) is 13.5 Å². The van der Waals surface area contributed by atoms with E-state index in [4.69, 9.17) is 0 Å². The average Bonchev–Trinajstić information content (AvgIpc) is 2.63. The summed E-state index contributed by atoms with van der Waals surface area (Å²) >= 11 is 1.59. The van der Waals surface area contributed by atoms with Crippen molar-refractivity contribution in [3.63, 3.8) is 0 Å². The molecule has 1 aliphatic rings. The number of thiophene rings is 1. The maximum absolute atomic E-state index is 11.4. The number of ketones is 1. The van der Waals surface area contributed by atoms with Crippen LogP contribution in [0.5, 0.6) is 0 Å². The van der Waals surface area contributed by atoms with Gasteiger partial charge in [0.1, 0.15) is 5.78 Å². The maximum atomic E-state index is 11.4. The van der Waals surface area contributed by atoms with E-state index in [9.17, 15) is 9.59 Å². The van der Waals surface area contributed by atoms with E-state index in [-0.39, 0.29) is 24.2 Å². The maximum Gasteiger partial charge on any atom is 0.230 e. The molecule has 1 unspecified atom stereocenters. The zero-order valence-corrected chi connectivity index (χ0v) is 8.71. The number of hydrogen-bond donors (Lipinski definition) is 0. The van der Waals surface area contributed by atoms with Crippen LogP contribution in [-0.2, 0) is 9.59 Å². The molecule has 2 rings (SSSR count). The number of piperidine rings is 1. The molecule has 0 aromatic carbocycles. The average molecular weight is 209 g/mol. The first-order chi connectivity index (χ1) is 6.68. The molecule has 74 valence electrons. The second-order valence-electron chi connectivity index (χ2n) is 3.50. The lowest BCUT2D eigenvalue weighted by atomic mass is 9.96. The monoisotopic (exact) mass is 209 g/mol. The van der Waals surface area contributed by atoms with Crippen LogP contribution in [0.4, 0.5) is 0 Å². The molecule has 3 nitrogen and oxygen atoms in total. The van der Waals surface area contributed by atoms with Crippen LogP contribution in [0.1, 0.15) is 24.4 Å². The van der Waals surface area contributed by atoms with Gasteiger partial charge in [0.15, 0.2) is 0 Å². The van der Waals surface area contributed by atoms with Crippen molar-refractivity contribution in [3.05, 3.63) is 22.4 Å². The van der Waals surface area contributed by atoms with E-state index < -0.39 is 0 Å². The molecule has 1 aromatic heterocycles. The Kier molecular flexibility index (Phi) is 2.37. The number of rotatable bonds is 1. The van der Waals surface area contributed by atoms with Crippen LogP contribution in [0, 0.1) is 0 Å². The van der Waals surface area contributed by atoms with Gasteiger partial charge in [-0.25, -0.2) is 0 Å². The van der Waals surface area contributed by atoms with Gasteiger partial charge in [-0.1, -0.05) is 0 Å². The van der Waals surface area contributed by atoms with Crippen molar-refractivity contribution in [2.75, 3.05) is 7.05 Å². The minimum atomic E-state index is -0.0718. The molecule has 0 N–H and O–H groups in total. The third kappa shape index (κ3) is 1.57. The van der Waals surface area contributed by atoms with E-state index in [1.54, 1.807) is 23.3 Å². The quantitative estimate of drug-likeness (QED) is 0.659. The van der Waals surface area contributed by atoms with Gasteiger partial charge >= 0.3 is 0 Å². The van der Waals surface area contributed by atoms with Crippen molar-refractivity contribution in [3.8, 4) is 0 Å². The van der Waals surface area contributed by atoms with Gasteiger partial charge in [-0.3, -0.25) is 9.59 Å². The zero-order chi connectivity index (χ0) is 10.1. The molecule has 0 radical (unpaired) electrons. The molecular formula is C10H11NO2S. The van der Waals surface area contributed by atoms with E-state index >= 15 is 0 Å². The Hall–Kier alpha value is -1.16. The first kappa shape index (κ1) is 9.40. The number of Topliss-reactive ketones (excluding diaryl/α,β-unsaturated/α-hetero) is 1. The van der Waals surface area contributed by atoms with E-state index in [2.05, 4.69) is 0 Å². The fourth-order valence-corrected chi connectivity index (χ4v) is 2.41. The van der Waals surface area contributed by atoms with E-state index in [0.29, 0.717) is 6.42 Å². The molecule has 4 heteroatoms. The first-order valence-corrected chi connectivity index (χ1v) is 5.42. The summed E-state index contributed by atoms with van der Waals surface area (Å²) in [5.41, 5.74) is 1.07. The Morgan fingerprint density at radius 1 is 1.50 bits per heavy atom. The molecule has 0 saturated carbocycles. The number of nitrogens with zero attached hydrogens (tertiary/aromatic N) is 1. The Morgan fingerprint density at radius 3 is 2.93 bits per heavy atom. The molecule has 0 aliphatic carbocycles. The molecule has 0 spiro atoms. The van der Waals surface area contributed by atoms with Crippen LogP contribution in [0.2, 0.25) is 0 Å². The van der Waals surface area contributed by atoms with Crippen molar-refractivity contribution in [1.82, 2.24) is 4.90 Å². The van der Waals surface area contributed by atoms with Crippen LogP contribution in [0.3, 0.4) is 0 Å². The second-order valence-corrected chi connectivity index (χ2v) is 4.28. The van der Waals surface area contributed by atoms with Crippen LogP contribution >= 0.6 is 11.3 Å². The molecule has 1 aliphatic heterocycles. The normalized spacial score (nSPS) is 22.9. The summed E-state index contributed by atoms with van der Waals surface area (Å²) < 4.78 is 0. The molecule has 1 fully saturated rings. The van der Waals surface area contributed by atoms with E-state index in [0.717, 1.165) is 5.56 Å². The van der Waals surface area contributed by atoms with Crippen LogP contribution in [0.25, 0.3) is 0 Å². The highest BCUT2D eigenvalue weighted by molar-refractivity contribution is 7.08. The van der Waals surface area contributed by atoms with Gasteiger partial charge in [0.05, 0.1) is 12.5 Å². The van der Waals surface area contributed by atoms with Crippen molar-refractivity contribution in [2.45, 2.75) is 18.9 Å². The predicted molar refractivity (Wildman–Crippen MR) is 54.1 cm³/mol. The van der Waals surface area contributed by atoms with Crippen molar-refractivity contribution >= 4 is 23.0 Å². The van der Waals surface area contributed by atoms with E-state index in [1.165, 1.54) is 0 Å². The third-order valence-corrected chi connectivity index (χ3v) is 3.26. The smallest absolute Gasteiger partial charge is 0.230 e. The summed E-state index contributed by atoms with van der Waals surface area (Å²) in [7, 11) is 1.76. The summed E-state index contributed by atoms with van der Waals surface area (Å²) in [6.45, 7) is 0. The molecule has 2 heterocycles. The van der Waals surface area contributed by atoms with Gasteiger partial charge in [-0.05, 0) is 22.4 Å². The Bertz CT molecular complexity index is 358. The second kappa shape index (κ2) is 3.53. The predicted octanol–water partition coefficient (Wildman–Crippen LogP) is 1.61. The topological polar surface area (TPSA) is 37.4 Å². The lowest BCUT2D eigenvalue weighted by Gasteiger charge is -2.31. The van der Waals surface area contributed by atoms with E-state index in [1.807, 2.05) is 16.8 Å². The first-order valence-electron chi connectivity index (χ1n) is 4.48. The number of carbonyl (C=O) groups excluding carboxylic acids is 2. The molecule has 1 atom stereocenters. The van der Waals surface area contributed by atoms with Crippen LogP contribution < -0.4 is 0 Å². The zero-order valence-electron chi connectivity index (χ0n) is 7.90. The SMILES string of the molecule is CN1C(=O)CC(=O)CC1c1ccsc1. The van der Waals surface area contributed by atoms with Crippen molar-refractivity contribution < 1.29 is 9.59 Å². The summed E-state index contributed by atoms with van der Waals surface area (Å²) in [6.07, 6.45) is 0.524. The summed E-state index contributed by atoms with van der Waals surface area (Å²) in [6, 6.07) is 1.92. The highest BCUT2D eigenvalue weighted by Gasteiger charge is 2.30. The molecular weight excluding hydrogens is 198 g/mol. The third-order valence-electron chi connectivity index (χ3n) is 2.56. The molecule has 1 aromatic rings. The van der Waals surface area contributed by atoms with Gasteiger partial charge in [0.25, 0.3) is 0 Å². The lowest BCUT2D eigenvalue weighted by molar-refractivity contribution is -0.141. The summed E-state index contributed by atoms with van der Waals surface area (Å²) in [4.78, 5) is 24.4. The van der Waals surface area contributed by atoms with Gasteiger partial charge in [-0.2, -0.15) is 11.3 Å². The number of hydrogen-bond acceptors (Lipinski definition) is 3. The summed E-state index contributed by atoms with van der Waals surface area (Å²) in [5, 5.41) is 3.96. The Balaban J connectivity index is 2.26. The Labute approximate surface area is 86.3 Å². The standard InChI is InChI=1S/C10H11NO2S/c1-11-9(7-2-3-14-6-7)4-8(12)5-10(11)13/h2-3,6,9H,4-5H2,1H3.